The lowest BCUT2D eigenvalue weighted by Crippen LogP contribution is -2.56. The highest BCUT2D eigenvalue weighted by Gasteiger charge is 2.40. The number of nitrogens with one attached hydrogen (secondary N) is 2. The summed E-state index contributed by atoms with van der Waals surface area (Å²) in [4.78, 5) is 41.0. The zero-order valence-electron chi connectivity index (χ0n) is 21.6. The van der Waals surface area contributed by atoms with Crippen LogP contribution in [-0.4, -0.2) is 67.1 Å². The average Bonchev–Trinajstić information content (AvgIpc) is 3.64. The SMILES string of the molecule is CC(C)(CCc1ccccc1)C[C@H](NC(=O)Oc1ccoc1)C(=O)NC1C(=O)COC1CN1CCCC1. The summed E-state index contributed by atoms with van der Waals surface area (Å²) in [6.07, 6.45) is 5.80. The molecule has 2 saturated heterocycles. The van der Waals surface area contributed by atoms with Crippen molar-refractivity contribution in [3.8, 4) is 5.75 Å². The molecule has 2 amide bonds. The van der Waals surface area contributed by atoms with Gasteiger partial charge in [-0.2, -0.15) is 0 Å². The third kappa shape index (κ3) is 7.90. The van der Waals surface area contributed by atoms with Crippen LogP contribution in [0.4, 0.5) is 4.79 Å². The summed E-state index contributed by atoms with van der Waals surface area (Å²) in [5.74, 6) is -0.335. The number of hydrogen-bond donors (Lipinski definition) is 2. The van der Waals surface area contributed by atoms with Crippen molar-refractivity contribution in [1.29, 1.82) is 0 Å². The number of aryl methyl sites for hydroxylation is 1. The van der Waals surface area contributed by atoms with Gasteiger partial charge in [0.25, 0.3) is 0 Å². The number of furan rings is 1. The van der Waals surface area contributed by atoms with Crippen LogP contribution in [0.5, 0.6) is 5.75 Å². The van der Waals surface area contributed by atoms with Crippen LogP contribution in [0, 0.1) is 5.41 Å². The molecular weight excluding hydrogens is 474 g/mol. The fraction of sp³-hybridized carbons (Fsp3) is 0.536. The van der Waals surface area contributed by atoms with Crippen molar-refractivity contribution in [3.05, 3.63) is 54.5 Å². The molecule has 9 heteroatoms. The summed E-state index contributed by atoms with van der Waals surface area (Å²) < 4.78 is 15.9. The van der Waals surface area contributed by atoms with Crippen LogP contribution in [0.15, 0.2) is 53.3 Å². The highest BCUT2D eigenvalue weighted by molar-refractivity contribution is 5.94. The summed E-state index contributed by atoms with van der Waals surface area (Å²) in [5.41, 5.74) is 0.925. The van der Waals surface area contributed by atoms with Gasteiger partial charge in [0.05, 0.1) is 12.4 Å². The fourth-order valence-electron chi connectivity index (χ4n) is 4.97. The second-order valence-electron chi connectivity index (χ2n) is 10.7. The largest absolute Gasteiger partial charge is 0.469 e. The van der Waals surface area contributed by atoms with Gasteiger partial charge in [0.2, 0.25) is 5.91 Å². The zero-order valence-corrected chi connectivity index (χ0v) is 21.6. The molecule has 2 unspecified atom stereocenters. The minimum atomic E-state index is -0.897. The number of Topliss-reactive ketones (excluding diaryl/α,β-unsaturated/α-hetero) is 1. The molecule has 37 heavy (non-hydrogen) atoms. The molecule has 0 bridgehead atoms. The Morgan fingerprint density at radius 3 is 2.62 bits per heavy atom. The van der Waals surface area contributed by atoms with Gasteiger partial charge in [-0.05, 0) is 56.2 Å². The number of carbonyl (C=O) groups is 3. The normalized spacial score (nSPS) is 21.1. The van der Waals surface area contributed by atoms with Gasteiger partial charge in [-0.15, -0.1) is 0 Å². The van der Waals surface area contributed by atoms with E-state index in [1.807, 2.05) is 18.2 Å². The number of ether oxygens (including phenoxy) is 2. The standard InChI is InChI=1S/C28H37N3O6/c1-28(2,12-10-20-8-4-3-5-9-20)16-22(29-27(34)37-21-11-15-35-18-21)26(33)30-25-23(32)19-36-24(25)17-31-13-6-7-14-31/h3-5,8-9,11,15,18,22,24-25H,6-7,10,12-14,16-17,19H2,1-2H3,(H,29,34)(H,30,33)/t22-,24?,25?/m0/s1. The van der Waals surface area contributed by atoms with Crippen LogP contribution < -0.4 is 15.4 Å². The van der Waals surface area contributed by atoms with Gasteiger partial charge in [0, 0.05) is 12.6 Å². The predicted molar refractivity (Wildman–Crippen MR) is 137 cm³/mol. The maximum absolute atomic E-state index is 13.5. The number of hydrogen-bond acceptors (Lipinski definition) is 7. The Balaban J connectivity index is 1.42. The highest BCUT2D eigenvalue weighted by atomic mass is 16.6. The molecule has 3 atom stereocenters. The Kier molecular flexibility index (Phi) is 9.00. The summed E-state index contributed by atoms with van der Waals surface area (Å²) in [6, 6.07) is 10.0. The lowest BCUT2D eigenvalue weighted by Gasteiger charge is -2.31. The van der Waals surface area contributed by atoms with Crippen LogP contribution in [0.2, 0.25) is 0 Å². The molecule has 0 saturated carbocycles. The molecule has 0 spiro atoms. The molecule has 200 valence electrons. The minimum absolute atomic E-state index is 0.0212. The van der Waals surface area contributed by atoms with E-state index in [1.165, 1.54) is 24.2 Å². The first-order valence-corrected chi connectivity index (χ1v) is 13.0. The first kappa shape index (κ1) is 26.9. The summed E-state index contributed by atoms with van der Waals surface area (Å²) in [7, 11) is 0. The van der Waals surface area contributed by atoms with E-state index in [1.54, 1.807) is 0 Å². The van der Waals surface area contributed by atoms with E-state index in [2.05, 4.69) is 41.5 Å². The van der Waals surface area contributed by atoms with Crippen molar-refractivity contribution in [2.45, 2.75) is 64.1 Å². The molecule has 4 rings (SSSR count). The molecule has 0 aliphatic carbocycles. The van der Waals surface area contributed by atoms with Crippen LogP contribution in [-0.2, 0) is 20.7 Å². The quantitative estimate of drug-likeness (QED) is 0.476. The van der Waals surface area contributed by atoms with E-state index in [0.717, 1.165) is 38.8 Å². The Labute approximate surface area is 217 Å². The number of carbonyl (C=O) groups excluding carboxylic acids is 3. The molecule has 2 N–H and O–H groups in total. The molecule has 2 aliphatic heterocycles. The fourth-order valence-corrected chi connectivity index (χ4v) is 4.97. The number of amides is 2. The molecule has 1 aromatic heterocycles. The topological polar surface area (TPSA) is 110 Å². The van der Waals surface area contributed by atoms with Crippen molar-refractivity contribution >= 4 is 17.8 Å². The predicted octanol–water partition coefficient (Wildman–Crippen LogP) is 3.33. The third-order valence-electron chi connectivity index (χ3n) is 7.10. The molecule has 1 aromatic carbocycles. The van der Waals surface area contributed by atoms with Gasteiger partial charge >= 0.3 is 6.09 Å². The molecule has 2 aliphatic rings. The minimum Gasteiger partial charge on any atom is -0.469 e. The van der Waals surface area contributed by atoms with Gasteiger partial charge in [-0.3, -0.25) is 9.59 Å². The first-order chi connectivity index (χ1) is 17.8. The Hall–Kier alpha value is -3.17. The maximum atomic E-state index is 13.5. The summed E-state index contributed by atoms with van der Waals surface area (Å²) in [5, 5.41) is 5.59. The van der Waals surface area contributed by atoms with E-state index >= 15 is 0 Å². The monoisotopic (exact) mass is 511 g/mol. The van der Waals surface area contributed by atoms with E-state index < -0.39 is 30.2 Å². The lowest BCUT2D eigenvalue weighted by atomic mass is 9.80. The van der Waals surface area contributed by atoms with Crippen molar-refractivity contribution in [3.63, 3.8) is 0 Å². The van der Waals surface area contributed by atoms with Gasteiger partial charge in [0.1, 0.15) is 25.0 Å². The molecule has 2 fully saturated rings. The average molecular weight is 512 g/mol. The molecule has 0 radical (unpaired) electrons. The van der Waals surface area contributed by atoms with Crippen molar-refractivity contribution < 1.29 is 28.3 Å². The van der Waals surface area contributed by atoms with E-state index in [-0.39, 0.29) is 23.6 Å². The van der Waals surface area contributed by atoms with Gasteiger partial charge in [0.15, 0.2) is 11.5 Å². The van der Waals surface area contributed by atoms with Crippen LogP contribution >= 0.6 is 0 Å². The maximum Gasteiger partial charge on any atom is 0.413 e. The third-order valence-corrected chi connectivity index (χ3v) is 7.10. The van der Waals surface area contributed by atoms with Gasteiger partial charge in [-0.25, -0.2) is 4.79 Å². The zero-order chi connectivity index (χ0) is 26.3. The second-order valence-corrected chi connectivity index (χ2v) is 10.7. The summed E-state index contributed by atoms with van der Waals surface area (Å²) in [6.45, 7) is 6.65. The van der Waals surface area contributed by atoms with Crippen molar-refractivity contribution in [2.75, 3.05) is 26.2 Å². The van der Waals surface area contributed by atoms with Gasteiger partial charge < -0.3 is 29.4 Å². The van der Waals surface area contributed by atoms with Crippen LogP contribution in [0.25, 0.3) is 0 Å². The van der Waals surface area contributed by atoms with Crippen molar-refractivity contribution in [1.82, 2.24) is 15.5 Å². The Morgan fingerprint density at radius 1 is 1.16 bits per heavy atom. The molecular formula is C28H37N3O6. The number of likely N-dealkylation sites (tertiary alicyclic amines) is 1. The van der Waals surface area contributed by atoms with Gasteiger partial charge in [-0.1, -0.05) is 44.2 Å². The number of ketones is 1. The van der Waals surface area contributed by atoms with E-state index in [0.29, 0.717) is 13.0 Å². The highest BCUT2D eigenvalue weighted by Crippen LogP contribution is 2.29. The van der Waals surface area contributed by atoms with Crippen molar-refractivity contribution in [2.24, 2.45) is 5.41 Å². The van der Waals surface area contributed by atoms with Crippen LogP contribution in [0.3, 0.4) is 0 Å². The molecule has 3 heterocycles. The lowest BCUT2D eigenvalue weighted by molar-refractivity contribution is -0.128. The number of rotatable bonds is 11. The second kappa shape index (κ2) is 12.4. The van der Waals surface area contributed by atoms with Crippen LogP contribution in [0.1, 0.15) is 45.1 Å². The Bertz CT molecular complexity index is 1030. The number of nitrogens with zero attached hydrogens (tertiary/aromatic N) is 1. The summed E-state index contributed by atoms with van der Waals surface area (Å²) >= 11 is 0. The Morgan fingerprint density at radius 2 is 1.92 bits per heavy atom. The number of benzene rings is 1. The van der Waals surface area contributed by atoms with E-state index in [9.17, 15) is 14.4 Å². The van der Waals surface area contributed by atoms with E-state index in [4.69, 9.17) is 13.9 Å². The molecule has 2 aromatic rings. The molecule has 9 nitrogen and oxygen atoms in total. The first-order valence-electron chi connectivity index (χ1n) is 13.0. The smallest absolute Gasteiger partial charge is 0.413 e.